The standard InChI is InChI=1S/C23H27FN2O2/c1-15-20(12-17-6-7-18(23(27)28)13-21(17)24)19-4-2-3-5-22(19)26(15)14-16-8-10-25-11-9-16/h2-4,6-7,13,16,22,25H,5,8-12,14H2,1H3,(H,27,28). The minimum atomic E-state index is -1.10. The lowest BCUT2D eigenvalue weighted by Crippen LogP contribution is -2.38. The predicted molar refractivity (Wildman–Crippen MR) is 108 cm³/mol. The van der Waals surface area contributed by atoms with Crippen LogP contribution in [0.1, 0.15) is 42.1 Å². The number of halogens is 1. The number of benzene rings is 1. The number of hydrogen-bond donors (Lipinski definition) is 2. The van der Waals surface area contributed by atoms with Crippen molar-refractivity contribution < 1.29 is 14.3 Å². The maximum Gasteiger partial charge on any atom is 0.335 e. The van der Waals surface area contributed by atoms with Crippen molar-refractivity contribution in [2.75, 3.05) is 19.6 Å². The monoisotopic (exact) mass is 382 g/mol. The van der Waals surface area contributed by atoms with Crippen molar-refractivity contribution in [1.29, 1.82) is 0 Å². The molecule has 0 bridgehead atoms. The van der Waals surface area contributed by atoms with E-state index in [1.165, 1.54) is 35.8 Å². The molecule has 0 amide bonds. The van der Waals surface area contributed by atoms with E-state index in [0.29, 0.717) is 23.9 Å². The molecule has 0 saturated carbocycles. The highest BCUT2D eigenvalue weighted by Gasteiger charge is 2.35. The molecule has 1 aromatic carbocycles. The van der Waals surface area contributed by atoms with Crippen LogP contribution in [0.4, 0.5) is 4.39 Å². The minimum absolute atomic E-state index is 0.0106. The van der Waals surface area contributed by atoms with E-state index in [2.05, 4.69) is 35.4 Å². The summed E-state index contributed by atoms with van der Waals surface area (Å²) in [5, 5.41) is 12.5. The number of carboxylic acids is 1. The van der Waals surface area contributed by atoms with Gasteiger partial charge in [-0.3, -0.25) is 0 Å². The Bertz CT molecular complexity index is 865. The van der Waals surface area contributed by atoms with Crippen molar-refractivity contribution >= 4 is 5.97 Å². The molecule has 1 unspecified atom stereocenters. The number of nitrogens with zero attached hydrogens (tertiary/aromatic N) is 1. The zero-order valence-corrected chi connectivity index (χ0v) is 16.2. The van der Waals surface area contributed by atoms with E-state index in [1.807, 2.05) is 0 Å². The summed E-state index contributed by atoms with van der Waals surface area (Å²) in [6.45, 7) is 5.37. The zero-order valence-electron chi connectivity index (χ0n) is 16.2. The molecule has 1 aromatic rings. The number of fused-ring (bicyclic) bond motifs is 1. The number of hydrogen-bond acceptors (Lipinski definition) is 3. The molecule has 0 aromatic heterocycles. The Labute approximate surface area is 165 Å². The third-order valence-electron chi connectivity index (χ3n) is 6.30. The van der Waals surface area contributed by atoms with E-state index in [4.69, 9.17) is 5.11 Å². The number of rotatable bonds is 5. The van der Waals surface area contributed by atoms with Gasteiger partial charge in [0, 0.05) is 18.7 Å². The van der Waals surface area contributed by atoms with Gasteiger partial charge in [-0.15, -0.1) is 0 Å². The number of allylic oxidation sites excluding steroid dienone is 3. The lowest BCUT2D eigenvalue weighted by molar-refractivity contribution is 0.0696. The molecular weight excluding hydrogens is 355 g/mol. The fourth-order valence-corrected chi connectivity index (χ4v) is 4.68. The quantitative estimate of drug-likeness (QED) is 0.811. The molecular formula is C23H27FN2O2. The molecule has 1 fully saturated rings. The second kappa shape index (κ2) is 7.92. The summed E-state index contributed by atoms with van der Waals surface area (Å²) < 4.78 is 14.5. The maximum atomic E-state index is 14.5. The van der Waals surface area contributed by atoms with Crippen LogP contribution in [-0.2, 0) is 6.42 Å². The lowest BCUT2D eigenvalue weighted by Gasteiger charge is -2.34. The van der Waals surface area contributed by atoms with Crippen LogP contribution in [0.25, 0.3) is 0 Å². The molecule has 1 atom stereocenters. The topological polar surface area (TPSA) is 52.6 Å². The molecule has 1 saturated heterocycles. The fourth-order valence-electron chi connectivity index (χ4n) is 4.68. The van der Waals surface area contributed by atoms with Crippen LogP contribution >= 0.6 is 0 Å². The SMILES string of the molecule is CC1=C(Cc2ccc(C(=O)O)cc2F)C2=CC=CCC2N1CC1CCNCC1. The highest BCUT2D eigenvalue weighted by molar-refractivity contribution is 5.87. The second-order valence-corrected chi connectivity index (χ2v) is 8.00. The number of carbonyl (C=O) groups is 1. The highest BCUT2D eigenvalue weighted by atomic mass is 19.1. The molecule has 5 heteroatoms. The summed E-state index contributed by atoms with van der Waals surface area (Å²) >= 11 is 0. The smallest absolute Gasteiger partial charge is 0.335 e. The molecule has 1 aliphatic carbocycles. The van der Waals surface area contributed by atoms with E-state index in [0.717, 1.165) is 32.1 Å². The first-order valence-corrected chi connectivity index (χ1v) is 10.1. The van der Waals surface area contributed by atoms with Gasteiger partial charge in [-0.25, -0.2) is 9.18 Å². The van der Waals surface area contributed by atoms with E-state index in [9.17, 15) is 9.18 Å². The fraction of sp³-hybridized carbons (Fsp3) is 0.435. The van der Waals surface area contributed by atoms with E-state index < -0.39 is 11.8 Å². The summed E-state index contributed by atoms with van der Waals surface area (Å²) in [5.41, 5.74) is 4.25. The molecule has 28 heavy (non-hydrogen) atoms. The molecule has 0 spiro atoms. The van der Waals surface area contributed by atoms with E-state index in [-0.39, 0.29) is 5.56 Å². The number of carboxylic acid groups (broad SMARTS) is 1. The largest absolute Gasteiger partial charge is 0.478 e. The summed E-state index contributed by atoms with van der Waals surface area (Å²) in [6, 6.07) is 4.58. The van der Waals surface area contributed by atoms with Crippen LogP contribution < -0.4 is 5.32 Å². The molecule has 0 radical (unpaired) electrons. The van der Waals surface area contributed by atoms with Gasteiger partial charge < -0.3 is 15.3 Å². The Kier molecular flexibility index (Phi) is 5.36. The van der Waals surface area contributed by atoms with Crippen LogP contribution in [0.2, 0.25) is 0 Å². The first-order valence-electron chi connectivity index (χ1n) is 10.1. The van der Waals surface area contributed by atoms with E-state index >= 15 is 0 Å². The van der Waals surface area contributed by atoms with Crippen molar-refractivity contribution in [2.45, 2.75) is 38.6 Å². The number of nitrogens with one attached hydrogen (secondary N) is 1. The van der Waals surface area contributed by atoms with Gasteiger partial charge >= 0.3 is 5.97 Å². The normalized spacial score (nSPS) is 22.4. The Morgan fingerprint density at radius 2 is 2.11 bits per heavy atom. The summed E-state index contributed by atoms with van der Waals surface area (Å²) in [7, 11) is 0. The van der Waals surface area contributed by atoms with Crippen molar-refractivity contribution in [2.24, 2.45) is 5.92 Å². The Hall–Kier alpha value is -2.40. The second-order valence-electron chi connectivity index (χ2n) is 8.00. The molecule has 148 valence electrons. The predicted octanol–water partition coefficient (Wildman–Crippen LogP) is 3.91. The van der Waals surface area contributed by atoms with Gasteiger partial charge in [0.2, 0.25) is 0 Å². The Balaban J connectivity index is 1.61. The van der Waals surface area contributed by atoms with Crippen LogP contribution in [0.5, 0.6) is 0 Å². The van der Waals surface area contributed by atoms with Crippen molar-refractivity contribution in [3.63, 3.8) is 0 Å². The highest BCUT2D eigenvalue weighted by Crippen LogP contribution is 2.40. The van der Waals surface area contributed by atoms with Crippen LogP contribution in [-0.4, -0.2) is 41.7 Å². The third-order valence-corrected chi connectivity index (χ3v) is 6.30. The molecule has 4 nitrogen and oxygen atoms in total. The zero-order chi connectivity index (χ0) is 19.7. The van der Waals surface area contributed by atoms with Gasteiger partial charge in [-0.05, 0) is 74.0 Å². The molecule has 2 N–H and O–H groups in total. The van der Waals surface area contributed by atoms with Gasteiger partial charge in [0.25, 0.3) is 0 Å². The van der Waals surface area contributed by atoms with Crippen LogP contribution in [0, 0.1) is 11.7 Å². The van der Waals surface area contributed by atoms with Crippen LogP contribution in [0.15, 0.2) is 53.3 Å². The van der Waals surface area contributed by atoms with Gasteiger partial charge in [0.05, 0.1) is 11.6 Å². The van der Waals surface area contributed by atoms with Crippen molar-refractivity contribution in [1.82, 2.24) is 10.2 Å². The van der Waals surface area contributed by atoms with Gasteiger partial charge in [-0.2, -0.15) is 0 Å². The molecule has 2 aliphatic heterocycles. The van der Waals surface area contributed by atoms with Gasteiger partial charge in [-0.1, -0.05) is 24.3 Å². The molecule has 4 rings (SSSR count). The first-order chi connectivity index (χ1) is 13.5. The van der Waals surface area contributed by atoms with Gasteiger partial charge in [0.15, 0.2) is 0 Å². The van der Waals surface area contributed by atoms with Crippen molar-refractivity contribution in [3.05, 3.63) is 70.2 Å². The minimum Gasteiger partial charge on any atom is -0.478 e. The summed E-state index contributed by atoms with van der Waals surface area (Å²) in [6.07, 6.45) is 10.4. The average Bonchev–Trinajstić information content (AvgIpc) is 2.96. The molecule has 3 aliphatic rings. The molecule has 2 heterocycles. The van der Waals surface area contributed by atoms with E-state index in [1.54, 1.807) is 6.07 Å². The van der Waals surface area contributed by atoms with Crippen molar-refractivity contribution in [3.8, 4) is 0 Å². The van der Waals surface area contributed by atoms with Gasteiger partial charge in [0.1, 0.15) is 5.82 Å². The number of aromatic carboxylic acids is 1. The first kappa shape index (κ1) is 18.9. The summed E-state index contributed by atoms with van der Waals surface area (Å²) in [4.78, 5) is 13.6. The maximum absolute atomic E-state index is 14.5. The third kappa shape index (κ3) is 3.63. The number of piperidine rings is 1. The average molecular weight is 382 g/mol. The lowest BCUT2D eigenvalue weighted by atomic mass is 9.90. The summed E-state index contributed by atoms with van der Waals surface area (Å²) in [5.74, 6) is -0.857. The Morgan fingerprint density at radius 3 is 2.82 bits per heavy atom. The Morgan fingerprint density at radius 1 is 1.32 bits per heavy atom. The van der Waals surface area contributed by atoms with Crippen LogP contribution in [0.3, 0.4) is 0 Å².